The second kappa shape index (κ2) is 4.83. The second-order valence-electron chi connectivity index (χ2n) is 7.15. The van der Waals surface area contributed by atoms with E-state index in [4.69, 9.17) is 0 Å². The Bertz CT molecular complexity index is 605. The first kappa shape index (κ1) is 13.8. The Kier molecular flexibility index (Phi) is 3.03. The van der Waals surface area contributed by atoms with Crippen molar-refractivity contribution in [2.45, 2.75) is 26.2 Å². The van der Waals surface area contributed by atoms with E-state index in [0.29, 0.717) is 11.8 Å². The number of rotatable bonds is 2. The van der Waals surface area contributed by atoms with Gasteiger partial charge in [-0.3, -0.25) is 9.59 Å². The lowest BCUT2D eigenvalue weighted by atomic mass is 9.70. The average molecular weight is 298 g/mol. The zero-order valence-corrected chi connectivity index (χ0v) is 13.0. The highest BCUT2D eigenvalue weighted by atomic mass is 16.2. The standard InChI is InChI=1S/C18H22N2O2/c1-13-11-15(13)16(21)19-9-7-18(8-10-19)12-20(17(18)22)14-5-3-2-4-6-14/h2-6,13,15H,7-12H2,1H3/t13-,15-/m1/s1. The number of carbonyl (C=O) groups is 2. The minimum atomic E-state index is -0.207. The summed E-state index contributed by atoms with van der Waals surface area (Å²) in [6.07, 6.45) is 2.69. The summed E-state index contributed by atoms with van der Waals surface area (Å²) in [5, 5.41) is 0. The Labute approximate surface area is 131 Å². The molecule has 0 unspecified atom stereocenters. The van der Waals surface area contributed by atoms with Crippen LogP contribution in [-0.2, 0) is 9.59 Å². The predicted octanol–water partition coefficient (Wildman–Crippen LogP) is 2.30. The lowest BCUT2D eigenvalue weighted by Crippen LogP contribution is -2.65. The number of anilines is 1. The van der Waals surface area contributed by atoms with Gasteiger partial charge in [-0.25, -0.2) is 0 Å². The van der Waals surface area contributed by atoms with Crippen LogP contribution in [0.5, 0.6) is 0 Å². The number of likely N-dealkylation sites (tertiary alicyclic amines) is 1. The Balaban J connectivity index is 1.38. The molecule has 0 bridgehead atoms. The second-order valence-corrected chi connectivity index (χ2v) is 7.15. The third kappa shape index (κ3) is 2.04. The molecule has 2 atom stereocenters. The summed E-state index contributed by atoms with van der Waals surface area (Å²) in [7, 11) is 0. The van der Waals surface area contributed by atoms with E-state index in [0.717, 1.165) is 44.6 Å². The van der Waals surface area contributed by atoms with E-state index in [1.807, 2.05) is 40.1 Å². The van der Waals surface area contributed by atoms with Crippen molar-refractivity contribution in [1.29, 1.82) is 0 Å². The molecule has 4 heteroatoms. The molecule has 4 rings (SSSR count). The topological polar surface area (TPSA) is 40.6 Å². The van der Waals surface area contributed by atoms with Crippen LogP contribution in [-0.4, -0.2) is 36.3 Å². The highest BCUT2D eigenvalue weighted by molar-refractivity contribution is 6.04. The van der Waals surface area contributed by atoms with Crippen molar-refractivity contribution in [2.24, 2.45) is 17.3 Å². The van der Waals surface area contributed by atoms with Gasteiger partial charge < -0.3 is 9.80 Å². The molecule has 2 saturated heterocycles. The van der Waals surface area contributed by atoms with Crippen LogP contribution in [0, 0.1) is 17.3 Å². The maximum atomic E-state index is 12.6. The fourth-order valence-corrected chi connectivity index (χ4v) is 3.88. The van der Waals surface area contributed by atoms with Crippen molar-refractivity contribution in [3.8, 4) is 0 Å². The normalized spacial score (nSPS) is 29.4. The molecule has 4 nitrogen and oxygen atoms in total. The van der Waals surface area contributed by atoms with Gasteiger partial charge in [-0.05, 0) is 37.3 Å². The molecule has 1 aliphatic carbocycles. The van der Waals surface area contributed by atoms with Gasteiger partial charge in [-0.15, -0.1) is 0 Å². The van der Waals surface area contributed by atoms with Crippen molar-refractivity contribution in [3.05, 3.63) is 30.3 Å². The zero-order chi connectivity index (χ0) is 15.3. The molecule has 0 aromatic heterocycles. The number of para-hydroxylation sites is 1. The lowest BCUT2D eigenvalue weighted by molar-refractivity contribution is -0.144. The van der Waals surface area contributed by atoms with Gasteiger partial charge in [0.2, 0.25) is 11.8 Å². The van der Waals surface area contributed by atoms with Crippen molar-refractivity contribution in [2.75, 3.05) is 24.5 Å². The summed E-state index contributed by atoms with van der Waals surface area (Å²) in [5.41, 5.74) is 0.783. The molecule has 0 N–H and O–H groups in total. The van der Waals surface area contributed by atoms with Gasteiger partial charge >= 0.3 is 0 Å². The first-order valence-electron chi connectivity index (χ1n) is 8.26. The van der Waals surface area contributed by atoms with Crippen LogP contribution in [0.4, 0.5) is 5.69 Å². The average Bonchev–Trinajstić information content (AvgIpc) is 3.30. The fraction of sp³-hybridized carbons (Fsp3) is 0.556. The van der Waals surface area contributed by atoms with Crippen LogP contribution >= 0.6 is 0 Å². The van der Waals surface area contributed by atoms with Crippen LogP contribution in [0.2, 0.25) is 0 Å². The Morgan fingerprint density at radius 3 is 2.36 bits per heavy atom. The number of amides is 2. The van der Waals surface area contributed by atoms with Gasteiger partial charge in [0.05, 0.1) is 5.41 Å². The van der Waals surface area contributed by atoms with E-state index < -0.39 is 0 Å². The first-order valence-corrected chi connectivity index (χ1v) is 8.26. The third-order valence-corrected chi connectivity index (χ3v) is 5.69. The zero-order valence-electron chi connectivity index (χ0n) is 13.0. The molecule has 1 aromatic carbocycles. The molecule has 1 saturated carbocycles. The third-order valence-electron chi connectivity index (χ3n) is 5.69. The molecule has 2 heterocycles. The fourth-order valence-electron chi connectivity index (χ4n) is 3.88. The van der Waals surface area contributed by atoms with E-state index >= 15 is 0 Å². The monoisotopic (exact) mass is 298 g/mol. The molecule has 1 spiro atoms. The van der Waals surface area contributed by atoms with Crippen molar-refractivity contribution in [3.63, 3.8) is 0 Å². The maximum absolute atomic E-state index is 12.6. The molecule has 0 radical (unpaired) electrons. The van der Waals surface area contributed by atoms with Gasteiger partial charge in [0.15, 0.2) is 0 Å². The summed E-state index contributed by atoms with van der Waals surface area (Å²) in [6, 6.07) is 9.86. The number of piperidine rings is 1. The van der Waals surface area contributed by atoms with Crippen LogP contribution in [0.1, 0.15) is 26.2 Å². The number of hydrogen-bond acceptors (Lipinski definition) is 2. The highest BCUT2D eigenvalue weighted by Gasteiger charge is 2.54. The van der Waals surface area contributed by atoms with Gasteiger partial charge in [-0.2, -0.15) is 0 Å². The SMILES string of the molecule is C[C@@H]1C[C@H]1C(=O)N1CCC2(CC1)CN(c1ccccc1)C2=O. The molecule has 3 aliphatic rings. The summed E-state index contributed by atoms with van der Waals surface area (Å²) in [4.78, 5) is 28.8. The van der Waals surface area contributed by atoms with Crippen molar-refractivity contribution in [1.82, 2.24) is 4.90 Å². The minimum absolute atomic E-state index is 0.207. The molecule has 2 amide bonds. The Hall–Kier alpha value is -1.84. The summed E-state index contributed by atoms with van der Waals surface area (Å²) in [6.45, 7) is 4.44. The molecule has 3 fully saturated rings. The number of nitrogens with zero attached hydrogens (tertiary/aromatic N) is 2. The molecular formula is C18H22N2O2. The van der Waals surface area contributed by atoms with Crippen LogP contribution < -0.4 is 4.90 Å². The van der Waals surface area contributed by atoms with E-state index in [-0.39, 0.29) is 17.2 Å². The molecular weight excluding hydrogens is 276 g/mol. The van der Waals surface area contributed by atoms with Gasteiger partial charge in [0.25, 0.3) is 0 Å². The van der Waals surface area contributed by atoms with Crippen LogP contribution in [0.15, 0.2) is 30.3 Å². The van der Waals surface area contributed by atoms with E-state index in [9.17, 15) is 9.59 Å². The molecule has 22 heavy (non-hydrogen) atoms. The molecule has 2 aliphatic heterocycles. The van der Waals surface area contributed by atoms with Gasteiger partial charge in [0, 0.05) is 31.2 Å². The Morgan fingerprint density at radius 1 is 1.18 bits per heavy atom. The first-order chi connectivity index (χ1) is 10.6. The predicted molar refractivity (Wildman–Crippen MR) is 84.3 cm³/mol. The largest absolute Gasteiger partial charge is 0.342 e. The van der Waals surface area contributed by atoms with E-state index in [1.54, 1.807) is 0 Å². The number of carbonyl (C=O) groups excluding carboxylic acids is 2. The number of hydrogen-bond donors (Lipinski definition) is 0. The number of benzene rings is 1. The number of β-lactam (4-membered cyclic amide) rings is 1. The summed E-state index contributed by atoms with van der Waals surface area (Å²) >= 11 is 0. The van der Waals surface area contributed by atoms with Crippen molar-refractivity contribution >= 4 is 17.5 Å². The molecule has 1 aromatic rings. The van der Waals surface area contributed by atoms with Crippen LogP contribution in [0.3, 0.4) is 0 Å². The van der Waals surface area contributed by atoms with Gasteiger partial charge in [-0.1, -0.05) is 25.1 Å². The van der Waals surface area contributed by atoms with Gasteiger partial charge in [0.1, 0.15) is 0 Å². The highest BCUT2D eigenvalue weighted by Crippen LogP contribution is 2.45. The lowest BCUT2D eigenvalue weighted by Gasteiger charge is -2.52. The maximum Gasteiger partial charge on any atom is 0.235 e. The van der Waals surface area contributed by atoms with Crippen LogP contribution in [0.25, 0.3) is 0 Å². The summed E-state index contributed by atoms with van der Waals surface area (Å²) in [5.74, 6) is 1.37. The molecule has 116 valence electrons. The van der Waals surface area contributed by atoms with E-state index in [1.165, 1.54) is 0 Å². The summed E-state index contributed by atoms with van der Waals surface area (Å²) < 4.78 is 0. The quantitative estimate of drug-likeness (QED) is 0.786. The van der Waals surface area contributed by atoms with Crippen molar-refractivity contribution < 1.29 is 9.59 Å². The minimum Gasteiger partial charge on any atom is -0.342 e. The van der Waals surface area contributed by atoms with E-state index in [2.05, 4.69) is 6.92 Å². The Morgan fingerprint density at radius 2 is 1.82 bits per heavy atom. The smallest absolute Gasteiger partial charge is 0.235 e.